The van der Waals surface area contributed by atoms with Gasteiger partial charge in [-0.05, 0) is 51.4 Å². The van der Waals surface area contributed by atoms with Crippen LogP contribution < -0.4 is 5.11 Å². The molecule has 470 valence electrons. The van der Waals surface area contributed by atoms with E-state index in [0.29, 0.717) is 17.4 Å². The molecule has 0 aliphatic rings. The van der Waals surface area contributed by atoms with E-state index in [1.54, 1.807) is 0 Å². The summed E-state index contributed by atoms with van der Waals surface area (Å²) in [4.78, 5) is 37.3. The zero-order valence-corrected chi connectivity index (χ0v) is 53.7. The fourth-order valence-corrected chi connectivity index (χ4v) is 10.3. The van der Waals surface area contributed by atoms with Gasteiger partial charge in [-0.25, -0.2) is 0 Å². The van der Waals surface area contributed by atoms with Gasteiger partial charge in [0.2, 0.25) is 0 Å². The van der Waals surface area contributed by atoms with Gasteiger partial charge in [0, 0.05) is 12.8 Å². The molecule has 2 unspecified atom stereocenters. The number of carbonyl (C=O) groups is 3. The fraction of sp³-hybridized carbons (Fsp3) is 0.873. The van der Waals surface area contributed by atoms with E-state index in [2.05, 4.69) is 50.3 Å². The minimum Gasteiger partial charge on any atom is -0.545 e. The first kappa shape index (κ1) is 77.5. The minimum atomic E-state index is -1.62. The van der Waals surface area contributed by atoms with Crippen molar-refractivity contribution in [2.24, 2.45) is 0 Å². The first-order chi connectivity index (χ1) is 39.1. The van der Waals surface area contributed by atoms with Gasteiger partial charge in [0.05, 0.1) is 40.3 Å². The number of rotatable bonds is 65. The average molecular weight is 1130 g/mol. The van der Waals surface area contributed by atoms with Gasteiger partial charge in [-0.1, -0.05) is 314 Å². The van der Waals surface area contributed by atoms with E-state index >= 15 is 0 Å². The van der Waals surface area contributed by atoms with Crippen LogP contribution in [0, 0.1) is 0 Å². The Labute approximate surface area is 496 Å². The maximum Gasteiger partial charge on any atom is 0.306 e. The van der Waals surface area contributed by atoms with E-state index < -0.39 is 24.3 Å². The third kappa shape index (κ3) is 63.1. The molecular weight excluding hydrogens is 995 g/mol. The molecular formula is C71H133NO8. The number of allylic oxidation sites excluding steroid dienone is 6. The average Bonchev–Trinajstić information content (AvgIpc) is 3.43. The minimum absolute atomic E-state index is 0.152. The Kier molecular flexibility index (Phi) is 60.6. The van der Waals surface area contributed by atoms with Gasteiger partial charge in [0.1, 0.15) is 13.2 Å². The molecule has 0 amide bonds. The number of hydrogen-bond acceptors (Lipinski definition) is 8. The Morgan fingerprint density at radius 3 is 1.00 bits per heavy atom. The van der Waals surface area contributed by atoms with E-state index in [9.17, 15) is 19.5 Å². The van der Waals surface area contributed by atoms with E-state index in [-0.39, 0.29) is 32.2 Å². The maximum atomic E-state index is 12.9. The van der Waals surface area contributed by atoms with Crippen molar-refractivity contribution in [1.82, 2.24) is 0 Å². The van der Waals surface area contributed by atoms with Crippen LogP contribution in [0.15, 0.2) is 36.5 Å². The van der Waals surface area contributed by atoms with Crippen LogP contribution in [0.4, 0.5) is 0 Å². The molecule has 0 aromatic carbocycles. The van der Waals surface area contributed by atoms with E-state index in [4.69, 9.17) is 18.9 Å². The third-order valence-electron chi connectivity index (χ3n) is 15.6. The molecule has 2 atom stereocenters. The molecule has 9 heteroatoms. The highest BCUT2D eigenvalue weighted by atomic mass is 16.7. The number of unbranched alkanes of at least 4 members (excludes halogenated alkanes) is 44. The Bertz CT molecular complexity index is 1410. The predicted octanol–water partition coefficient (Wildman–Crippen LogP) is 19.9. The summed E-state index contributed by atoms with van der Waals surface area (Å²) in [6, 6.07) is 0. The Morgan fingerprint density at radius 1 is 0.375 bits per heavy atom. The van der Waals surface area contributed by atoms with Crippen LogP contribution >= 0.6 is 0 Å². The molecule has 0 bridgehead atoms. The molecule has 0 aromatic heterocycles. The zero-order valence-electron chi connectivity index (χ0n) is 53.7. The van der Waals surface area contributed by atoms with Crippen molar-refractivity contribution < 1.29 is 42.9 Å². The number of carboxylic acid groups (broad SMARTS) is 1. The molecule has 0 aliphatic carbocycles. The Morgan fingerprint density at radius 2 is 0.675 bits per heavy atom. The topological polar surface area (TPSA) is 111 Å². The second-order valence-electron chi connectivity index (χ2n) is 24.8. The van der Waals surface area contributed by atoms with Gasteiger partial charge in [0.25, 0.3) is 0 Å². The SMILES string of the molecule is CCCCCCC/C=C\C/C=C\C/C=C\CCCCCCCCCCCCCCCCCCCCCCCCCCCCC(=O)OC(COC(=O)CCCCCCCCCCCCCCCC)COC(OCC[N+](C)(C)C)C(=O)[O-]. The molecule has 9 nitrogen and oxygen atoms in total. The number of carboxylic acids is 1. The number of esters is 2. The van der Waals surface area contributed by atoms with E-state index in [1.165, 1.54) is 263 Å². The van der Waals surface area contributed by atoms with E-state index in [0.717, 1.165) is 51.4 Å². The lowest BCUT2D eigenvalue weighted by Crippen LogP contribution is -2.44. The predicted molar refractivity (Wildman–Crippen MR) is 339 cm³/mol. The summed E-state index contributed by atoms with van der Waals surface area (Å²) in [6.07, 6.45) is 75.3. The molecule has 0 spiro atoms. The van der Waals surface area contributed by atoms with Gasteiger partial charge in [-0.3, -0.25) is 9.59 Å². The maximum absolute atomic E-state index is 12.9. The summed E-state index contributed by atoms with van der Waals surface area (Å²) in [5.41, 5.74) is 0. The van der Waals surface area contributed by atoms with Gasteiger partial charge in [-0.15, -0.1) is 0 Å². The summed E-state index contributed by atoms with van der Waals surface area (Å²) in [5.74, 6) is -2.26. The fourth-order valence-electron chi connectivity index (χ4n) is 10.3. The highest BCUT2D eigenvalue weighted by Gasteiger charge is 2.22. The molecule has 0 aromatic rings. The van der Waals surface area contributed by atoms with E-state index in [1.807, 2.05) is 21.1 Å². The lowest BCUT2D eigenvalue weighted by Gasteiger charge is -2.26. The first-order valence-electron chi connectivity index (χ1n) is 34.6. The highest BCUT2D eigenvalue weighted by molar-refractivity contribution is 5.70. The lowest BCUT2D eigenvalue weighted by atomic mass is 10.0. The van der Waals surface area contributed by atoms with Crippen molar-refractivity contribution in [1.29, 1.82) is 0 Å². The summed E-state index contributed by atoms with van der Waals surface area (Å²) in [7, 11) is 5.94. The van der Waals surface area contributed by atoms with Crippen molar-refractivity contribution in [3.63, 3.8) is 0 Å². The molecule has 0 heterocycles. The van der Waals surface area contributed by atoms with Crippen molar-refractivity contribution in [3.8, 4) is 0 Å². The molecule has 80 heavy (non-hydrogen) atoms. The Balaban J connectivity index is 3.89. The second kappa shape index (κ2) is 62.6. The number of nitrogens with zero attached hydrogens (tertiary/aromatic N) is 1. The van der Waals surface area contributed by atoms with Crippen molar-refractivity contribution in [2.75, 3.05) is 47.5 Å². The number of ether oxygens (including phenoxy) is 4. The summed E-state index contributed by atoms with van der Waals surface area (Å²) in [5, 5.41) is 11.8. The Hall–Kier alpha value is -2.49. The first-order valence-corrected chi connectivity index (χ1v) is 34.6. The van der Waals surface area contributed by atoms with Gasteiger partial charge in [-0.2, -0.15) is 0 Å². The summed E-state index contributed by atoms with van der Waals surface area (Å²) >= 11 is 0. The molecule has 0 radical (unpaired) electrons. The van der Waals surface area contributed by atoms with Crippen LogP contribution in [0.2, 0.25) is 0 Å². The van der Waals surface area contributed by atoms with Crippen LogP contribution in [0.5, 0.6) is 0 Å². The number of aliphatic carboxylic acids is 1. The van der Waals surface area contributed by atoms with Crippen LogP contribution in [-0.2, 0) is 33.3 Å². The van der Waals surface area contributed by atoms with Crippen LogP contribution in [0.25, 0.3) is 0 Å². The number of carbonyl (C=O) groups excluding carboxylic acids is 3. The molecule has 0 N–H and O–H groups in total. The zero-order chi connectivity index (χ0) is 58.3. The molecule has 0 rings (SSSR count). The highest BCUT2D eigenvalue weighted by Crippen LogP contribution is 2.18. The van der Waals surface area contributed by atoms with Crippen LogP contribution in [0.3, 0.4) is 0 Å². The van der Waals surface area contributed by atoms with Crippen molar-refractivity contribution in [3.05, 3.63) is 36.5 Å². The summed E-state index contributed by atoms with van der Waals surface area (Å²) < 4.78 is 22.7. The lowest BCUT2D eigenvalue weighted by molar-refractivity contribution is -0.870. The monoisotopic (exact) mass is 1130 g/mol. The number of hydrogen-bond donors (Lipinski definition) is 0. The van der Waals surface area contributed by atoms with Crippen molar-refractivity contribution in [2.45, 2.75) is 354 Å². The third-order valence-corrected chi connectivity index (χ3v) is 15.6. The quantitative estimate of drug-likeness (QED) is 0.0195. The van der Waals surface area contributed by atoms with Gasteiger partial charge in [0.15, 0.2) is 12.4 Å². The van der Waals surface area contributed by atoms with Gasteiger partial charge >= 0.3 is 11.9 Å². The largest absolute Gasteiger partial charge is 0.545 e. The standard InChI is InChI=1S/C71H133NO8/c1-6-8-10-12-14-16-18-20-22-23-24-25-26-27-28-29-30-31-32-33-34-35-36-37-38-39-40-41-42-43-44-45-46-47-48-50-52-54-56-58-60-62-69(74)80-67(66-79-71(70(75)76)77-64-63-72(3,4)5)65-78-68(73)61-59-57-55-53-51-49-21-19-17-15-13-11-9-7-2/h18,20,23-24,26-27,67,71H,6-17,19,21-22,25,28-66H2,1-5H3/b20-18-,24-23-,27-26-. The second-order valence-corrected chi connectivity index (χ2v) is 24.8. The normalized spacial score (nSPS) is 12.9. The smallest absolute Gasteiger partial charge is 0.306 e. The molecule has 0 aliphatic heterocycles. The molecule has 0 fully saturated rings. The number of likely N-dealkylation sites (N-methyl/N-ethyl adjacent to an activating group) is 1. The summed E-state index contributed by atoms with van der Waals surface area (Å²) in [6.45, 7) is 4.79. The van der Waals surface area contributed by atoms with Crippen LogP contribution in [-0.4, -0.2) is 82.3 Å². The van der Waals surface area contributed by atoms with Gasteiger partial charge < -0.3 is 33.3 Å². The van der Waals surface area contributed by atoms with Crippen molar-refractivity contribution >= 4 is 17.9 Å². The van der Waals surface area contributed by atoms with Crippen LogP contribution in [0.1, 0.15) is 341 Å². The molecule has 0 saturated carbocycles. The molecule has 0 saturated heterocycles. The number of quaternary nitrogens is 1.